The van der Waals surface area contributed by atoms with Crippen molar-refractivity contribution in [3.63, 3.8) is 0 Å². The van der Waals surface area contributed by atoms with Gasteiger partial charge >= 0.3 is 0 Å². The molecule has 1 saturated heterocycles. The van der Waals surface area contributed by atoms with E-state index in [1.54, 1.807) is 6.07 Å². The van der Waals surface area contributed by atoms with Gasteiger partial charge in [-0.05, 0) is 44.5 Å². The maximum absolute atomic E-state index is 6.28. The van der Waals surface area contributed by atoms with Gasteiger partial charge in [0.25, 0.3) is 0 Å². The van der Waals surface area contributed by atoms with Crippen molar-refractivity contribution in [1.29, 1.82) is 0 Å². The lowest BCUT2D eigenvalue weighted by Gasteiger charge is -2.23. The summed E-state index contributed by atoms with van der Waals surface area (Å²) >= 11 is 12.4. The van der Waals surface area contributed by atoms with Crippen molar-refractivity contribution >= 4 is 23.2 Å². The Morgan fingerprint density at radius 2 is 2.14 bits per heavy atom. The highest BCUT2D eigenvalue weighted by Gasteiger charge is 2.22. The number of hydrogen-bond donors (Lipinski definition) is 1. The van der Waals surface area contributed by atoms with Gasteiger partial charge in [0.1, 0.15) is 5.75 Å². The van der Waals surface area contributed by atoms with Gasteiger partial charge in [-0.25, -0.2) is 0 Å². The molecule has 0 bridgehead atoms. The largest absolute Gasteiger partial charge is 0.492 e. The van der Waals surface area contributed by atoms with Crippen LogP contribution in [0.15, 0.2) is 12.1 Å². The molecular weight excluding hydrogens is 319 g/mol. The van der Waals surface area contributed by atoms with Crippen LogP contribution in [0.3, 0.4) is 0 Å². The van der Waals surface area contributed by atoms with Gasteiger partial charge in [-0.1, -0.05) is 37.0 Å². The van der Waals surface area contributed by atoms with Crippen molar-refractivity contribution in [1.82, 2.24) is 10.2 Å². The third-order valence-electron chi connectivity index (χ3n) is 4.14. The summed E-state index contributed by atoms with van der Waals surface area (Å²) in [5, 5.41) is 4.79. The average Bonchev–Trinajstić information content (AvgIpc) is 2.94. The van der Waals surface area contributed by atoms with Crippen LogP contribution in [0.2, 0.25) is 10.0 Å². The average molecular weight is 345 g/mol. The molecule has 124 valence electrons. The Hall–Kier alpha value is -0.480. The molecule has 2 rings (SSSR count). The lowest BCUT2D eigenvalue weighted by atomic mass is 10.1. The zero-order valence-corrected chi connectivity index (χ0v) is 15.0. The minimum atomic E-state index is 0.591. The monoisotopic (exact) mass is 344 g/mol. The third kappa shape index (κ3) is 4.76. The van der Waals surface area contributed by atoms with Crippen LogP contribution in [0, 0.1) is 0 Å². The van der Waals surface area contributed by atoms with Crippen LogP contribution >= 0.6 is 23.2 Å². The number of benzene rings is 1. The van der Waals surface area contributed by atoms with E-state index in [0.29, 0.717) is 22.7 Å². The van der Waals surface area contributed by atoms with Crippen LogP contribution < -0.4 is 10.1 Å². The Kier molecular flexibility index (Phi) is 7.29. The van der Waals surface area contributed by atoms with E-state index in [1.165, 1.54) is 19.4 Å². The van der Waals surface area contributed by atoms with E-state index in [9.17, 15) is 0 Å². The van der Waals surface area contributed by atoms with Crippen molar-refractivity contribution < 1.29 is 4.74 Å². The zero-order valence-electron chi connectivity index (χ0n) is 13.5. The molecule has 1 aromatic rings. The number of ether oxygens (including phenoxy) is 1. The molecule has 1 aliphatic rings. The molecule has 0 saturated carbocycles. The second kappa shape index (κ2) is 8.97. The number of likely N-dealkylation sites (N-methyl/N-ethyl adjacent to an activating group) is 1. The van der Waals surface area contributed by atoms with Gasteiger partial charge in [0.05, 0.1) is 11.6 Å². The van der Waals surface area contributed by atoms with Crippen LogP contribution in [0.4, 0.5) is 0 Å². The first-order valence-electron chi connectivity index (χ1n) is 8.21. The minimum absolute atomic E-state index is 0.591. The second-order valence-corrected chi connectivity index (χ2v) is 6.62. The van der Waals surface area contributed by atoms with E-state index in [1.807, 2.05) is 6.07 Å². The molecular formula is C17H26Cl2N2O. The highest BCUT2D eigenvalue weighted by Crippen LogP contribution is 2.32. The number of halogens is 2. The van der Waals surface area contributed by atoms with Gasteiger partial charge in [0, 0.05) is 29.7 Å². The van der Waals surface area contributed by atoms with Crippen molar-refractivity contribution in [3.8, 4) is 5.75 Å². The Morgan fingerprint density at radius 1 is 1.32 bits per heavy atom. The summed E-state index contributed by atoms with van der Waals surface area (Å²) in [6.07, 6.45) is 3.53. The van der Waals surface area contributed by atoms with E-state index in [0.717, 1.165) is 37.4 Å². The fraction of sp³-hybridized carbons (Fsp3) is 0.647. The molecule has 1 N–H and O–H groups in total. The molecule has 1 aliphatic heterocycles. The molecule has 1 heterocycles. The predicted molar refractivity (Wildman–Crippen MR) is 94.2 cm³/mol. The van der Waals surface area contributed by atoms with Crippen molar-refractivity contribution in [2.45, 2.75) is 45.7 Å². The molecule has 0 aliphatic carbocycles. The Morgan fingerprint density at radius 3 is 2.86 bits per heavy atom. The quantitative estimate of drug-likeness (QED) is 0.758. The van der Waals surface area contributed by atoms with Gasteiger partial charge in [0.15, 0.2) is 0 Å². The van der Waals surface area contributed by atoms with Crippen molar-refractivity contribution in [2.24, 2.45) is 0 Å². The van der Waals surface area contributed by atoms with Gasteiger partial charge in [-0.3, -0.25) is 4.90 Å². The second-order valence-electron chi connectivity index (χ2n) is 5.78. The Labute approximate surface area is 143 Å². The zero-order chi connectivity index (χ0) is 15.9. The first-order valence-corrected chi connectivity index (χ1v) is 8.96. The SMILES string of the molecule is CCCOc1c(Cl)cc(Cl)cc1CNC[C@@H]1CCCN1CC. The minimum Gasteiger partial charge on any atom is -0.492 e. The molecule has 1 aromatic carbocycles. The number of nitrogens with one attached hydrogen (secondary N) is 1. The first kappa shape index (κ1) is 17.9. The third-order valence-corrected chi connectivity index (χ3v) is 4.64. The summed E-state index contributed by atoms with van der Waals surface area (Å²) in [5.74, 6) is 0.763. The number of nitrogens with zero attached hydrogens (tertiary/aromatic N) is 1. The number of rotatable bonds is 8. The molecule has 1 atom stereocenters. The maximum atomic E-state index is 6.28. The Bertz CT molecular complexity index is 482. The van der Waals surface area contributed by atoms with Crippen LogP contribution in [-0.4, -0.2) is 37.2 Å². The van der Waals surface area contributed by atoms with Gasteiger partial charge < -0.3 is 10.1 Å². The van der Waals surface area contributed by atoms with E-state index < -0.39 is 0 Å². The summed E-state index contributed by atoms with van der Waals surface area (Å²) in [6.45, 7) is 9.04. The van der Waals surface area contributed by atoms with E-state index >= 15 is 0 Å². The predicted octanol–water partition coefficient (Wildman–Crippen LogP) is 4.36. The van der Waals surface area contributed by atoms with Crippen LogP contribution in [0.1, 0.15) is 38.7 Å². The summed E-state index contributed by atoms with van der Waals surface area (Å²) in [6, 6.07) is 4.32. The fourth-order valence-electron chi connectivity index (χ4n) is 3.03. The first-order chi connectivity index (χ1) is 10.7. The summed E-state index contributed by atoms with van der Waals surface area (Å²) in [7, 11) is 0. The van der Waals surface area contributed by atoms with E-state index in [2.05, 4.69) is 24.1 Å². The standard InChI is InChI=1S/C17H26Cl2N2O/c1-3-8-22-17-13(9-14(18)10-16(17)19)11-20-12-15-6-5-7-21(15)4-2/h9-10,15,20H,3-8,11-12H2,1-2H3/t15-/m0/s1. The summed E-state index contributed by atoms with van der Waals surface area (Å²) in [5.41, 5.74) is 1.03. The lowest BCUT2D eigenvalue weighted by Crippen LogP contribution is -2.37. The van der Waals surface area contributed by atoms with Crippen LogP contribution in [-0.2, 0) is 6.54 Å². The summed E-state index contributed by atoms with van der Waals surface area (Å²) in [4.78, 5) is 2.53. The summed E-state index contributed by atoms with van der Waals surface area (Å²) < 4.78 is 5.80. The molecule has 0 unspecified atom stereocenters. The molecule has 0 aromatic heterocycles. The topological polar surface area (TPSA) is 24.5 Å². The van der Waals surface area contributed by atoms with Crippen molar-refractivity contribution in [3.05, 3.63) is 27.7 Å². The lowest BCUT2D eigenvalue weighted by molar-refractivity contribution is 0.259. The maximum Gasteiger partial charge on any atom is 0.142 e. The molecule has 22 heavy (non-hydrogen) atoms. The van der Waals surface area contributed by atoms with Gasteiger partial charge in [0.2, 0.25) is 0 Å². The fourth-order valence-corrected chi connectivity index (χ4v) is 3.62. The number of likely N-dealkylation sites (tertiary alicyclic amines) is 1. The van der Waals surface area contributed by atoms with Crippen LogP contribution in [0.5, 0.6) is 5.75 Å². The van der Waals surface area contributed by atoms with Gasteiger partial charge in [-0.2, -0.15) is 0 Å². The van der Waals surface area contributed by atoms with Crippen molar-refractivity contribution in [2.75, 3.05) is 26.2 Å². The normalized spacial score (nSPS) is 18.8. The molecule has 5 heteroatoms. The highest BCUT2D eigenvalue weighted by molar-refractivity contribution is 6.35. The van der Waals surface area contributed by atoms with Gasteiger partial charge in [-0.15, -0.1) is 0 Å². The molecule has 1 fully saturated rings. The smallest absolute Gasteiger partial charge is 0.142 e. The molecule has 0 radical (unpaired) electrons. The van der Waals surface area contributed by atoms with Crippen LogP contribution in [0.25, 0.3) is 0 Å². The molecule has 0 amide bonds. The van der Waals surface area contributed by atoms with E-state index in [4.69, 9.17) is 27.9 Å². The number of hydrogen-bond acceptors (Lipinski definition) is 3. The molecule has 0 spiro atoms. The Balaban J connectivity index is 1.96. The molecule has 3 nitrogen and oxygen atoms in total. The van der Waals surface area contributed by atoms with E-state index in [-0.39, 0.29) is 0 Å². The highest BCUT2D eigenvalue weighted by atomic mass is 35.5.